The Morgan fingerprint density at radius 3 is 2.87 bits per heavy atom. The van der Waals surface area contributed by atoms with E-state index in [9.17, 15) is 0 Å². The summed E-state index contributed by atoms with van der Waals surface area (Å²) in [5, 5.41) is 8.98. The number of hydrogen-bond donors (Lipinski definition) is 2. The number of benzene rings is 1. The van der Waals surface area contributed by atoms with Gasteiger partial charge in [-0.25, -0.2) is 4.98 Å². The zero-order chi connectivity index (χ0) is 20.3. The van der Waals surface area contributed by atoms with Gasteiger partial charge in [-0.05, 0) is 50.0 Å². The van der Waals surface area contributed by atoms with Crippen LogP contribution in [0.5, 0.6) is 5.75 Å². The van der Waals surface area contributed by atoms with Gasteiger partial charge >= 0.3 is 0 Å². The molecule has 2 heterocycles. The molecule has 0 saturated carbocycles. The van der Waals surface area contributed by atoms with Crippen LogP contribution in [0, 0.1) is 0 Å². The molecule has 0 amide bonds. The first-order valence-corrected chi connectivity index (χ1v) is 12.0. The molecule has 0 radical (unpaired) electrons. The lowest BCUT2D eigenvalue weighted by Crippen LogP contribution is -2.43. The van der Waals surface area contributed by atoms with E-state index in [0.717, 1.165) is 54.4 Å². The maximum Gasteiger partial charge on any atom is 0.191 e. The van der Waals surface area contributed by atoms with Crippen LogP contribution < -0.4 is 15.4 Å². The Balaban J connectivity index is 0.00000320. The van der Waals surface area contributed by atoms with Gasteiger partial charge in [0.15, 0.2) is 5.96 Å². The van der Waals surface area contributed by atoms with Crippen LogP contribution in [0.3, 0.4) is 0 Å². The lowest BCUT2D eigenvalue weighted by atomic mass is 10.1. The van der Waals surface area contributed by atoms with Crippen molar-refractivity contribution in [3.63, 3.8) is 0 Å². The van der Waals surface area contributed by atoms with E-state index in [1.807, 2.05) is 36.5 Å². The number of ether oxygens (including phenoxy) is 1. The second-order valence-electron chi connectivity index (χ2n) is 6.92. The number of methoxy groups -OCH3 is 1. The molecule has 0 spiro atoms. The predicted molar refractivity (Wildman–Crippen MR) is 139 cm³/mol. The van der Waals surface area contributed by atoms with Crippen molar-refractivity contribution in [2.75, 3.05) is 46.1 Å². The van der Waals surface area contributed by atoms with Crippen molar-refractivity contribution in [3.05, 3.63) is 41.4 Å². The van der Waals surface area contributed by atoms with Crippen molar-refractivity contribution in [1.82, 2.24) is 20.5 Å². The fourth-order valence-corrected chi connectivity index (χ4v) is 5.14. The quantitative estimate of drug-likeness (QED) is 0.149. The van der Waals surface area contributed by atoms with E-state index in [4.69, 9.17) is 4.74 Å². The summed E-state index contributed by atoms with van der Waals surface area (Å²) >= 11 is 3.51. The highest BCUT2D eigenvalue weighted by atomic mass is 127. The van der Waals surface area contributed by atoms with Crippen LogP contribution in [-0.2, 0) is 0 Å². The molecule has 3 rings (SSSR count). The second-order valence-corrected chi connectivity index (χ2v) is 9.15. The number of aliphatic imine (C=N–C) groups is 1. The third-order valence-corrected chi connectivity index (χ3v) is 7.05. The fourth-order valence-electron chi connectivity index (χ4n) is 3.49. The monoisotopic (exact) mass is 561 g/mol. The fraction of sp³-hybridized carbons (Fsp3) is 0.524. The van der Waals surface area contributed by atoms with Gasteiger partial charge in [-0.15, -0.1) is 35.3 Å². The van der Waals surface area contributed by atoms with E-state index in [2.05, 4.69) is 43.7 Å². The topological polar surface area (TPSA) is 61.8 Å². The van der Waals surface area contributed by atoms with E-state index < -0.39 is 0 Å². The standard InChI is InChI=1S/C21H31N5OS2.HI/c1-22-20(23-9-6-13-28-21-24-10-14-29-21)25-16-19(26-11-3-4-12-26)17-7-5-8-18(15-17)27-2;/h5,7-8,10,14-15,19H,3-4,6,9,11-13,16H2,1-2H3,(H2,22,23,25);1H. The van der Waals surface area contributed by atoms with E-state index >= 15 is 0 Å². The summed E-state index contributed by atoms with van der Waals surface area (Å²) in [5.41, 5.74) is 1.29. The molecule has 1 aliphatic rings. The Hall–Kier alpha value is -1.04. The Morgan fingerprint density at radius 1 is 1.33 bits per heavy atom. The number of rotatable bonds is 10. The minimum atomic E-state index is 0. The van der Waals surface area contributed by atoms with Crippen molar-refractivity contribution in [2.24, 2.45) is 4.99 Å². The lowest BCUT2D eigenvalue weighted by Gasteiger charge is -2.29. The van der Waals surface area contributed by atoms with E-state index in [-0.39, 0.29) is 24.0 Å². The summed E-state index contributed by atoms with van der Waals surface area (Å²) in [5.74, 6) is 2.82. The molecule has 2 aromatic rings. The average Bonchev–Trinajstić information content (AvgIpc) is 3.47. The summed E-state index contributed by atoms with van der Waals surface area (Å²) in [6.07, 6.45) is 5.46. The second kappa shape index (κ2) is 14.1. The first kappa shape index (κ1) is 25.2. The molecule has 1 fully saturated rings. The Bertz CT molecular complexity index is 754. The molecule has 1 atom stereocenters. The van der Waals surface area contributed by atoms with E-state index in [1.54, 1.807) is 18.4 Å². The largest absolute Gasteiger partial charge is 0.497 e. The third kappa shape index (κ3) is 7.90. The van der Waals surface area contributed by atoms with Gasteiger partial charge in [0, 0.05) is 37.5 Å². The Kier molecular flexibility index (Phi) is 11.9. The van der Waals surface area contributed by atoms with Crippen molar-refractivity contribution in [2.45, 2.75) is 29.6 Å². The molecule has 30 heavy (non-hydrogen) atoms. The maximum atomic E-state index is 5.44. The summed E-state index contributed by atoms with van der Waals surface area (Å²) in [6.45, 7) is 4.00. The number of nitrogens with zero attached hydrogens (tertiary/aromatic N) is 3. The van der Waals surface area contributed by atoms with Crippen LogP contribution in [0.4, 0.5) is 0 Å². The number of thiazole rings is 1. The summed E-state index contributed by atoms with van der Waals surface area (Å²) in [4.78, 5) is 11.3. The summed E-state index contributed by atoms with van der Waals surface area (Å²) in [6, 6.07) is 8.73. The number of thioether (sulfide) groups is 1. The summed E-state index contributed by atoms with van der Waals surface area (Å²) < 4.78 is 6.57. The van der Waals surface area contributed by atoms with Crippen molar-refractivity contribution >= 4 is 53.0 Å². The zero-order valence-electron chi connectivity index (χ0n) is 17.7. The van der Waals surface area contributed by atoms with Crippen molar-refractivity contribution in [3.8, 4) is 5.75 Å². The number of likely N-dealkylation sites (tertiary alicyclic amines) is 1. The first-order valence-electron chi connectivity index (χ1n) is 10.1. The lowest BCUT2D eigenvalue weighted by molar-refractivity contribution is 0.245. The van der Waals surface area contributed by atoms with Crippen molar-refractivity contribution < 1.29 is 4.74 Å². The highest BCUT2D eigenvalue weighted by Gasteiger charge is 2.24. The van der Waals surface area contributed by atoms with Gasteiger partial charge in [-0.2, -0.15) is 0 Å². The van der Waals surface area contributed by atoms with Gasteiger partial charge in [-0.3, -0.25) is 9.89 Å². The molecule has 1 aromatic heterocycles. The Morgan fingerprint density at radius 2 is 2.17 bits per heavy atom. The minimum Gasteiger partial charge on any atom is -0.497 e. The van der Waals surface area contributed by atoms with Crippen LogP contribution in [0.15, 0.2) is 45.2 Å². The molecular weight excluding hydrogens is 529 g/mol. The van der Waals surface area contributed by atoms with Crippen LogP contribution in [0.25, 0.3) is 0 Å². The van der Waals surface area contributed by atoms with Crippen LogP contribution >= 0.6 is 47.1 Å². The summed E-state index contributed by atoms with van der Waals surface area (Å²) in [7, 11) is 3.55. The first-order chi connectivity index (χ1) is 14.3. The molecule has 1 aliphatic heterocycles. The number of nitrogens with one attached hydrogen (secondary N) is 2. The van der Waals surface area contributed by atoms with Gasteiger partial charge < -0.3 is 15.4 Å². The minimum absolute atomic E-state index is 0. The van der Waals surface area contributed by atoms with Crippen LogP contribution in [0.2, 0.25) is 0 Å². The van der Waals surface area contributed by atoms with Gasteiger partial charge in [0.2, 0.25) is 0 Å². The molecule has 0 bridgehead atoms. The molecule has 166 valence electrons. The molecule has 1 saturated heterocycles. The zero-order valence-corrected chi connectivity index (χ0v) is 21.6. The molecule has 1 aromatic carbocycles. The van der Waals surface area contributed by atoms with Gasteiger partial charge in [0.1, 0.15) is 10.1 Å². The van der Waals surface area contributed by atoms with Gasteiger partial charge in [0.05, 0.1) is 13.2 Å². The molecule has 1 unspecified atom stereocenters. The highest BCUT2D eigenvalue weighted by molar-refractivity contribution is 14.0. The molecule has 9 heteroatoms. The molecular formula is C21H32IN5OS2. The SMILES string of the molecule is CN=C(NCCCSc1nccs1)NCC(c1cccc(OC)c1)N1CCCC1.I. The number of aromatic nitrogens is 1. The van der Waals surface area contributed by atoms with Gasteiger partial charge in [-0.1, -0.05) is 23.9 Å². The van der Waals surface area contributed by atoms with E-state index in [1.165, 1.54) is 18.4 Å². The Labute approximate surface area is 205 Å². The number of hydrogen-bond acceptors (Lipinski definition) is 6. The molecule has 2 N–H and O–H groups in total. The number of halogens is 1. The highest BCUT2D eigenvalue weighted by Crippen LogP contribution is 2.27. The van der Waals surface area contributed by atoms with Crippen LogP contribution in [0.1, 0.15) is 30.9 Å². The average molecular weight is 562 g/mol. The normalized spacial score (nSPS) is 15.5. The molecule has 6 nitrogen and oxygen atoms in total. The number of guanidine groups is 1. The predicted octanol–water partition coefficient (Wildman–Crippen LogP) is 4.25. The molecule has 0 aliphatic carbocycles. The van der Waals surface area contributed by atoms with E-state index in [0.29, 0.717) is 6.04 Å². The van der Waals surface area contributed by atoms with Crippen molar-refractivity contribution in [1.29, 1.82) is 0 Å². The van der Waals surface area contributed by atoms with Crippen LogP contribution in [-0.4, -0.2) is 61.9 Å². The third-order valence-electron chi connectivity index (χ3n) is 5.00. The smallest absolute Gasteiger partial charge is 0.191 e. The maximum absolute atomic E-state index is 5.44. The van der Waals surface area contributed by atoms with Gasteiger partial charge in [0.25, 0.3) is 0 Å².